The summed E-state index contributed by atoms with van der Waals surface area (Å²) < 4.78 is 27.9. The number of anilines is 1. The van der Waals surface area contributed by atoms with Crippen molar-refractivity contribution in [3.63, 3.8) is 0 Å². The maximum atomic E-state index is 13.1. The minimum atomic E-state index is -2.58. The first-order valence-corrected chi connectivity index (χ1v) is 9.81. The number of hydrogen-bond acceptors (Lipinski definition) is 4. The molecule has 0 bridgehead atoms. The van der Waals surface area contributed by atoms with Crippen molar-refractivity contribution in [2.45, 2.75) is 50.6 Å². The minimum absolute atomic E-state index is 0.143. The molecular formula is C18H22F2N4OS. The van der Waals surface area contributed by atoms with Gasteiger partial charge in [-0.15, -0.1) is 11.8 Å². The van der Waals surface area contributed by atoms with Crippen molar-refractivity contribution in [3.8, 4) is 0 Å². The van der Waals surface area contributed by atoms with Crippen molar-refractivity contribution in [1.82, 2.24) is 14.8 Å². The van der Waals surface area contributed by atoms with Crippen molar-refractivity contribution in [1.29, 1.82) is 0 Å². The Hall–Kier alpha value is -1.96. The molecule has 0 aliphatic heterocycles. The van der Waals surface area contributed by atoms with Crippen LogP contribution in [0.3, 0.4) is 0 Å². The lowest BCUT2D eigenvalue weighted by Crippen LogP contribution is -2.38. The van der Waals surface area contributed by atoms with Gasteiger partial charge >= 0.3 is 0 Å². The summed E-state index contributed by atoms with van der Waals surface area (Å²) in [6.45, 7) is 4.16. The number of halogens is 2. The van der Waals surface area contributed by atoms with Crippen molar-refractivity contribution >= 4 is 23.4 Å². The molecule has 1 amide bonds. The van der Waals surface area contributed by atoms with Crippen LogP contribution in [0.25, 0.3) is 0 Å². The Balaban J connectivity index is 1.82. The number of nitrogens with one attached hydrogen (secondary N) is 1. The zero-order chi connectivity index (χ0) is 18.9. The first kappa shape index (κ1) is 18.8. The molecule has 8 heteroatoms. The molecule has 140 valence electrons. The molecule has 5 nitrogen and oxygen atoms in total. The molecule has 0 unspecified atom stereocenters. The Kier molecular flexibility index (Phi) is 5.32. The van der Waals surface area contributed by atoms with E-state index in [0.29, 0.717) is 24.3 Å². The molecule has 2 aromatic rings. The summed E-state index contributed by atoms with van der Waals surface area (Å²) in [6.07, 6.45) is 3.95. The first-order valence-electron chi connectivity index (χ1n) is 8.58. The standard InChI is InChI=1S/C18H22F2N4OS/c1-4-14-11(2)16(24(23-14)10-12-8-18(19,20)9-12)17(25)22-13-5-6-21-15(7-13)26-3/h5-7,12H,4,8-10H2,1-3H3,(H,21,22,25). The van der Waals surface area contributed by atoms with Gasteiger partial charge in [-0.05, 0) is 37.7 Å². The van der Waals surface area contributed by atoms with Crippen LogP contribution in [0.4, 0.5) is 14.5 Å². The Morgan fingerprint density at radius 2 is 2.19 bits per heavy atom. The highest BCUT2D eigenvalue weighted by Crippen LogP contribution is 2.43. The largest absolute Gasteiger partial charge is 0.321 e. The van der Waals surface area contributed by atoms with Gasteiger partial charge in [-0.1, -0.05) is 6.92 Å². The van der Waals surface area contributed by atoms with E-state index in [2.05, 4.69) is 15.4 Å². The van der Waals surface area contributed by atoms with Crippen LogP contribution in [0.2, 0.25) is 0 Å². The zero-order valence-electron chi connectivity index (χ0n) is 15.1. The molecule has 3 rings (SSSR count). The number of aromatic nitrogens is 3. The fraction of sp³-hybridized carbons (Fsp3) is 0.500. The van der Waals surface area contributed by atoms with Crippen LogP contribution in [-0.4, -0.2) is 32.8 Å². The summed E-state index contributed by atoms with van der Waals surface area (Å²) in [6, 6.07) is 3.52. The average molecular weight is 380 g/mol. The SMILES string of the molecule is CCc1nn(CC2CC(F)(F)C2)c(C(=O)Nc2ccnc(SC)c2)c1C. The lowest BCUT2D eigenvalue weighted by atomic mass is 9.81. The molecule has 1 aliphatic rings. The zero-order valence-corrected chi connectivity index (χ0v) is 15.9. The highest BCUT2D eigenvalue weighted by atomic mass is 32.2. The maximum Gasteiger partial charge on any atom is 0.274 e. The van der Waals surface area contributed by atoms with Gasteiger partial charge in [0, 0.05) is 36.8 Å². The Bertz CT molecular complexity index is 814. The van der Waals surface area contributed by atoms with Gasteiger partial charge in [-0.3, -0.25) is 9.48 Å². The molecular weight excluding hydrogens is 358 g/mol. The molecule has 0 saturated heterocycles. The van der Waals surface area contributed by atoms with Crippen molar-refractivity contribution in [2.24, 2.45) is 5.92 Å². The monoisotopic (exact) mass is 380 g/mol. The molecule has 1 fully saturated rings. The predicted octanol–water partition coefficient (Wildman–Crippen LogP) is 4.17. The van der Waals surface area contributed by atoms with Gasteiger partial charge in [0.1, 0.15) is 5.69 Å². The van der Waals surface area contributed by atoms with Gasteiger partial charge in [0.05, 0.1) is 10.7 Å². The number of alkyl halides is 2. The molecule has 0 atom stereocenters. The van der Waals surface area contributed by atoms with E-state index in [1.807, 2.05) is 20.1 Å². The van der Waals surface area contributed by atoms with E-state index >= 15 is 0 Å². The summed E-state index contributed by atoms with van der Waals surface area (Å²) in [5, 5.41) is 8.17. The summed E-state index contributed by atoms with van der Waals surface area (Å²) in [5.41, 5.74) is 2.71. The second-order valence-corrected chi connectivity index (χ2v) is 7.45. The number of aryl methyl sites for hydroxylation is 1. The lowest BCUT2D eigenvalue weighted by Gasteiger charge is -2.34. The van der Waals surface area contributed by atoms with E-state index < -0.39 is 5.92 Å². The maximum absolute atomic E-state index is 13.1. The highest BCUT2D eigenvalue weighted by Gasteiger charge is 2.45. The number of hydrogen-bond donors (Lipinski definition) is 1. The van der Waals surface area contributed by atoms with E-state index in [-0.39, 0.29) is 24.7 Å². The Labute approximate surface area is 155 Å². The molecule has 1 aliphatic carbocycles. The van der Waals surface area contributed by atoms with E-state index in [0.717, 1.165) is 16.3 Å². The van der Waals surface area contributed by atoms with E-state index in [4.69, 9.17) is 0 Å². The number of carbonyl (C=O) groups excluding carboxylic acids is 1. The van der Waals surface area contributed by atoms with Gasteiger partial charge in [-0.25, -0.2) is 13.8 Å². The smallest absolute Gasteiger partial charge is 0.274 e. The van der Waals surface area contributed by atoms with E-state index in [1.54, 1.807) is 23.0 Å². The second kappa shape index (κ2) is 7.34. The Morgan fingerprint density at radius 1 is 1.46 bits per heavy atom. The molecule has 2 aromatic heterocycles. The van der Waals surface area contributed by atoms with Crippen LogP contribution in [0.5, 0.6) is 0 Å². The summed E-state index contributed by atoms with van der Waals surface area (Å²) in [5.74, 6) is -3.00. The third kappa shape index (κ3) is 3.90. The normalized spacial score (nSPS) is 16.3. The number of amides is 1. The Morgan fingerprint density at radius 3 is 2.81 bits per heavy atom. The van der Waals surface area contributed by atoms with Gasteiger partial charge in [0.15, 0.2) is 0 Å². The van der Waals surface area contributed by atoms with Crippen LogP contribution < -0.4 is 5.32 Å². The van der Waals surface area contributed by atoms with Crippen LogP contribution in [0.1, 0.15) is 41.5 Å². The van der Waals surface area contributed by atoms with Crippen LogP contribution >= 0.6 is 11.8 Å². The van der Waals surface area contributed by atoms with Gasteiger partial charge in [0.25, 0.3) is 5.91 Å². The molecule has 0 aromatic carbocycles. The summed E-state index contributed by atoms with van der Waals surface area (Å²) in [7, 11) is 0. The number of nitrogens with zero attached hydrogens (tertiary/aromatic N) is 3. The van der Waals surface area contributed by atoms with Crippen molar-refractivity contribution in [3.05, 3.63) is 35.3 Å². The van der Waals surface area contributed by atoms with Crippen molar-refractivity contribution in [2.75, 3.05) is 11.6 Å². The second-order valence-electron chi connectivity index (χ2n) is 6.63. The fourth-order valence-corrected chi connectivity index (χ4v) is 3.72. The number of carbonyl (C=O) groups is 1. The molecule has 1 saturated carbocycles. The third-order valence-corrected chi connectivity index (χ3v) is 5.29. The predicted molar refractivity (Wildman–Crippen MR) is 98.0 cm³/mol. The number of pyridine rings is 1. The third-order valence-electron chi connectivity index (χ3n) is 4.65. The molecule has 2 heterocycles. The fourth-order valence-electron chi connectivity index (χ4n) is 3.30. The van der Waals surface area contributed by atoms with Gasteiger partial charge in [-0.2, -0.15) is 5.10 Å². The molecule has 0 spiro atoms. The molecule has 0 radical (unpaired) electrons. The molecule has 26 heavy (non-hydrogen) atoms. The topological polar surface area (TPSA) is 59.8 Å². The highest BCUT2D eigenvalue weighted by molar-refractivity contribution is 7.98. The first-order chi connectivity index (χ1) is 12.3. The van der Waals surface area contributed by atoms with Crippen LogP contribution in [0, 0.1) is 12.8 Å². The quantitative estimate of drug-likeness (QED) is 0.764. The van der Waals surface area contributed by atoms with Gasteiger partial charge < -0.3 is 5.32 Å². The minimum Gasteiger partial charge on any atom is -0.321 e. The van der Waals surface area contributed by atoms with E-state index in [9.17, 15) is 13.6 Å². The van der Waals surface area contributed by atoms with E-state index in [1.165, 1.54) is 11.8 Å². The van der Waals surface area contributed by atoms with Crippen LogP contribution in [0.15, 0.2) is 23.4 Å². The number of thioether (sulfide) groups is 1. The van der Waals surface area contributed by atoms with Gasteiger partial charge in [0.2, 0.25) is 5.92 Å². The van der Waals surface area contributed by atoms with Crippen molar-refractivity contribution < 1.29 is 13.6 Å². The number of rotatable bonds is 6. The average Bonchev–Trinajstić information content (AvgIpc) is 2.89. The summed E-state index contributed by atoms with van der Waals surface area (Å²) >= 11 is 1.49. The van der Waals surface area contributed by atoms with Crippen LogP contribution in [-0.2, 0) is 13.0 Å². The summed E-state index contributed by atoms with van der Waals surface area (Å²) in [4.78, 5) is 17.0. The lowest BCUT2D eigenvalue weighted by molar-refractivity contribution is -0.114. The molecule has 1 N–H and O–H groups in total.